The van der Waals surface area contributed by atoms with Crippen molar-refractivity contribution in [2.75, 3.05) is 26.3 Å². The molecule has 106 valence electrons. The number of nitrogens with one attached hydrogen (secondary N) is 1. The summed E-state index contributed by atoms with van der Waals surface area (Å²) in [7, 11) is 0. The predicted octanol–water partition coefficient (Wildman–Crippen LogP) is 2.47. The third-order valence-electron chi connectivity index (χ3n) is 4.01. The monoisotopic (exact) mass is 254 g/mol. The van der Waals surface area contributed by atoms with E-state index in [2.05, 4.69) is 18.8 Å². The van der Waals surface area contributed by atoms with Gasteiger partial charge in [-0.1, -0.05) is 38.3 Å². The van der Waals surface area contributed by atoms with Crippen LogP contribution in [0.1, 0.15) is 46.0 Å². The van der Waals surface area contributed by atoms with Gasteiger partial charge in [0.05, 0.1) is 13.2 Å². The summed E-state index contributed by atoms with van der Waals surface area (Å²) in [5, 5.41) is 3.64. The van der Waals surface area contributed by atoms with Gasteiger partial charge in [0, 0.05) is 18.6 Å². The maximum atomic E-state index is 6.00. The first-order valence-corrected chi connectivity index (χ1v) is 7.29. The lowest BCUT2D eigenvalue weighted by molar-refractivity contribution is 0.129. The van der Waals surface area contributed by atoms with Crippen LogP contribution in [0, 0.1) is 5.92 Å². The minimum atomic E-state index is 0.158. The van der Waals surface area contributed by atoms with E-state index in [1.807, 2.05) is 6.92 Å². The van der Waals surface area contributed by atoms with Crippen LogP contribution in [0.3, 0.4) is 0 Å². The number of rotatable bonds is 8. The highest BCUT2D eigenvalue weighted by Gasteiger charge is 2.33. The van der Waals surface area contributed by atoms with E-state index in [1.54, 1.807) is 0 Å². The molecule has 3 N–H and O–H groups in total. The fourth-order valence-corrected chi connectivity index (χ4v) is 2.89. The zero-order chi connectivity index (χ0) is 13.4. The van der Waals surface area contributed by atoms with Gasteiger partial charge in [0.2, 0.25) is 0 Å². The van der Waals surface area contributed by atoms with Crippen molar-refractivity contribution in [3.8, 4) is 0 Å². The molecule has 0 aromatic carbocycles. The third-order valence-corrected chi connectivity index (χ3v) is 4.01. The molecule has 1 aliphatic rings. The van der Waals surface area contributed by atoms with E-state index in [0.717, 1.165) is 31.2 Å². The van der Waals surface area contributed by atoms with Gasteiger partial charge < -0.3 is 15.8 Å². The van der Waals surface area contributed by atoms with Crippen molar-refractivity contribution in [1.82, 2.24) is 5.32 Å². The number of ether oxygens (including phenoxy) is 1. The molecular weight excluding hydrogens is 224 g/mol. The molecule has 2 unspecified atom stereocenters. The summed E-state index contributed by atoms with van der Waals surface area (Å²) in [6.45, 7) is 11.1. The van der Waals surface area contributed by atoms with Gasteiger partial charge in [0.15, 0.2) is 0 Å². The van der Waals surface area contributed by atoms with Crippen LogP contribution in [0.5, 0.6) is 0 Å². The Hall–Kier alpha value is -0.380. The number of nitrogens with two attached hydrogens (primary N) is 1. The van der Waals surface area contributed by atoms with Crippen molar-refractivity contribution in [2.24, 2.45) is 11.7 Å². The Kier molecular flexibility index (Phi) is 6.90. The maximum Gasteiger partial charge on any atom is 0.0672 e. The molecule has 3 heteroatoms. The molecule has 0 aromatic rings. The molecular formula is C15H30N2O. The predicted molar refractivity (Wildman–Crippen MR) is 77.7 cm³/mol. The Morgan fingerprint density at radius 1 is 1.56 bits per heavy atom. The molecule has 18 heavy (non-hydrogen) atoms. The molecule has 0 aromatic heterocycles. The lowest BCUT2D eigenvalue weighted by Gasteiger charge is -2.41. The van der Waals surface area contributed by atoms with E-state index in [1.165, 1.54) is 32.1 Å². The van der Waals surface area contributed by atoms with Crippen LogP contribution in [0.25, 0.3) is 0 Å². The summed E-state index contributed by atoms with van der Waals surface area (Å²) in [5.74, 6) is 0.839. The van der Waals surface area contributed by atoms with Crippen LogP contribution in [-0.2, 0) is 4.74 Å². The standard InChI is InChI=1S/C15H30N2O/c1-4-14-6-5-7-15(10-14,12-16)17-8-9-18-11-13(2)3/h14,17H,2,4-12,16H2,1,3H3. The van der Waals surface area contributed by atoms with Gasteiger partial charge in [-0.25, -0.2) is 0 Å². The summed E-state index contributed by atoms with van der Waals surface area (Å²) in [6.07, 6.45) is 6.37. The topological polar surface area (TPSA) is 47.3 Å². The Morgan fingerprint density at radius 2 is 2.33 bits per heavy atom. The smallest absolute Gasteiger partial charge is 0.0672 e. The van der Waals surface area contributed by atoms with E-state index < -0.39 is 0 Å². The lowest BCUT2D eigenvalue weighted by Crippen LogP contribution is -2.54. The SMILES string of the molecule is C=C(C)COCCNC1(CN)CCCC(CC)C1. The molecule has 2 atom stereocenters. The zero-order valence-corrected chi connectivity index (χ0v) is 12.1. The van der Waals surface area contributed by atoms with E-state index >= 15 is 0 Å². The fourth-order valence-electron chi connectivity index (χ4n) is 2.89. The van der Waals surface area contributed by atoms with Crippen molar-refractivity contribution < 1.29 is 4.74 Å². The van der Waals surface area contributed by atoms with Gasteiger partial charge in [-0.15, -0.1) is 0 Å². The second-order valence-corrected chi connectivity index (χ2v) is 5.79. The molecule has 1 saturated carbocycles. The number of hydrogen-bond donors (Lipinski definition) is 2. The van der Waals surface area contributed by atoms with E-state index in [-0.39, 0.29) is 5.54 Å². The minimum absolute atomic E-state index is 0.158. The van der Waals surface area contributed by atoms with Crippen molar-refractivity contribution in [1.29, 1.82) is 0 Å². The van der Waals surface area contributed by atoms with E-state index in [0.29, 0.717) is 6.61 Å². The first-order chi connectivity index (χ1) is 8.62. The normalized spacial score (nSPS) is 28.3. The highest BCUT2D eigenvalue weighted by molar-refractivity contribution is 4.94. The summed E-state index contributed by atoms with van der Waals surface area (Å²) in [4.78, 5) is 0. The number of hydrogen-bond acceptors (Lipinski definition) is 3. The van der Waals surface area contributed by atoms with Crippen LogP contribution in [0.15, 0.2) is 12.2 Å². The molecule has 0 aliphatic heterocycles. The highest BCUT2D eigenvalue weighted by Crippen LogP contribution is 2.33. The zero-order valence-electron chi connectivity index (χ0n) is 12.1. The summed E-state index contributed by atoms with van der Waals surface area (Å²) < 4.78 is 5.53. The van der Waals surface area contributed by atoms with Crippen LogP contribution in [-0.4, -0.2) is 31.8 Å². The molecule has 0 heterocycles. The largest absolute Gasteiger partial charge is 0.376 e. The Labute approximate surface area is 112 Å². The quantitative estimate of drug-likeness (QED) is 0.517. The van der Waals surface area contributed by atoms with Crippen molar-refractivity contribution >= 4 is 0 Å². The lowest BCUT2D eigenvalue weighted by atomic mass is 9.74. The van der Waals surface area contributed by atoms with E-state index in [4.69, 9.17) is 10.5 Å². The average molecular weight is 254 g/mol. The van der Waals surface area contributed by atoms with E-state index in [9.17, 15) is 0 Å². The van der Waals surface area contributed by atoms with Gasteiger partial charge in [0.25, 0.3) is 0 Å². The highest BCUT2D eigenvalue weighted by atomic mass is 16.5. The first kappa shape index (κ1) is 15.7. The van der Waals surface area contributed by atoms with Crippen molar-refractivity contribution in [3.05, 3.63) is 12.2 Å². The van der Waals surface area contributed by atoms with Crippen LogP contribution in [0.2, 0.25) is 0 Å². The maximum absolute atomic E-state index is 6.00. The summed E-state index contributed by atoms with van der Waals surface area (Å²) in [6, 6.07) is 0. The molecule has 0 radical (unpaired) electrons. The van der Waals surface area contributed by atoms with Gasteiger partial charge in [-0.2, -0.15) is 0 Å². The second-order valence-electron chi connectivity index (χ2n) is 5.79. The molecule has 1 rings (SSSR count). The summed E-state index contributed by atoms with van der Waals surface area (Å²) >= 11 is 0. The second kappa shape index (κ2) is 7.93. The molecule has 0 saturated heterocycles. The van der Waals surface area contributed by atoms with Gasteiger partial charge in [0.1, 0.15) is 0 Å². The molecule has 3 nitrogen and oxygen atoms in total. The Bertz CT molecular complexity index is 255. The van der Waals surface area contributed by atoms with Crippen LogP contribution >= 0.6 is 0 Å². The molecule has 0 spiro atoms. The Balaban J connectivity index is 2.29. The first-order valence-electron chi connectivity index (χ1n) is 7.29. The molecule has 1 fully saturated rings. The Morgan fingerprint density at radius 3 is 2.94 bits per heavy atom. The fraction of sp³-hybridized carbons (Fsp3) is 0.867. The van der Waals surface area contributed by atoms with Gasteiger partial charge >= 0.3 is 0 Å². The molecule has 0 amide bonds. The third kappa shape index (κ3) is 5.09. The average Bonchev–Trinajstić information content (AvgIpc) is 2.38. The van der Waals surface area contributed by atoms with Crippen molar-refractivity contribution in [2.45, 2.75) is 51.5 Å². The molecule has 0 bridgehead atoms. The minimum Gasteiger partial charge on any atom is -0.376 e. The van der Waals surface area contributed by atoms with Crippen molar-refractivity contribution in [3.63, 3.8) is 0 Å². The summed E-state index contributed by atoms with van der Waals surface area (Å²) in [5.41, 5.74) is 7.24. The van der Waals surface area contributed by atoms with Crippen LogP contribution < -0.4 is 11.1 Å². The molecule has 1 aliphatic carbocycles. The van der Waals surface area contributed by atoms with Crippen LogP contribution in [0.4, 0.5) is 0 Å². The van der Waals surface area contributed by atoms with Gasteiger partial charge in [-0.05, 0) is 25.7 Å². The van der Waals surface area contributed by atoms with Gasteiger partial charge in [-0.3, -0.25) is 0 Å².